The summed E-state index contributed by atoms with van der Waals surface area (Å²) >= 11 is 1.30. The highest BCUT2D eigenvalue weighted by Gasteiger charge is 2.16. The van der Waals surface area contributed by atoms with Gasteiger partial charge in [0.1, 0.15) is 5.75 Å². The largest absolute Gasteiger partial charge is 0.497 e. The van der Waals surface area contributed by atoms with E-state index < -0.39 is 5.91 Å². The number of benzene rings is 1. The Morgan fingerprint density at radius 3 is 2.82 bits per heavy atom. The second-order valence-corrected chi connectivity index (χ2v) is 4.40. The summed E-state index contributed by atoms with van der Waals surface area (Å²) in [5, 5.41) is 2.26. The van der Waals surface area contributed by atoms with Crippen LogP contribution < -0.4 is 16.2 Å². The van der Waals surface area contributed by atoms with E-state index >= 15 is 0 Å². The van der Waals surface area contributed by atoms with Crippen LogP contribution in [0.4, 0.5) is 5.00 Å². The quantitative estimate of drug-likeness (QED) is 0.873. The van der Waals surface area contributed by atoms with Crippen molar-refractivity contribution < 1.29 is 9.53 Å². The molecule has 0 spiro atoms. The second kappa shape index (κ2) is 4.47. The van der Waals surface area contributed by atoms with Gasteiger partial charge in [0.15, 0.2) is 0 Å². The Morgan fingerprint density at radius 1 is 1.41 bits per heavy atom. The maximum Gasteiger partial charge on any atom is 0.252 e. The van der Waals surface area contributed by atoms with Gasteiger partial charge in [0.05, 0.1) is 17.7 Å². The highest BCUT2D eigenvalue weighted by Crippen LogP contribution is 2.34. The lowest BCUT2D eigenvalue weighted by atomic mass is 10.0. The molecule has 17 heavy (non-hydrogen) atoms. The molecule has 2 aromatic rings. The Morgan fingerprint density at radius 2 is 2.18 bits per heavy atom. The van der Waals surface area contributed by atoms with Crippen LogP contribution in [0.15, 0.2) is 29.6 Å². The third-order valence-corrected chi connectivity index (χ3v) is 3.26. The first kappa shape index (κ1) is 11.5. The minimum atomic E-state index is -0.512. The molecule has 4 N–H and O–H groups in total. The van der Waals surface area contributed by atoms with E-state index in [0.717, 1.165) is 16.9 Å². The predicted molar refractivity (Wildman–Crippen MR) is 69.2 cm³/mol. The third kappa shape index (κ3) is 2.09. The van der Waals surface area contributed by atoms with E-state index in [0.29, 0.717) is 10.6 Å². The molecular weight excluding hydrogens is 236 g/mol. The molecule has 0 saturated carbocycles. The molecule has 1 aromatic heterocycles. The molecule has 0 aliphatic rings. The maximum absolute atomic E-state index is 11.3. The zero-order valence-corrected chi connectivity index (χ0v) is 10.1. The minimum Gasteiger partial charge on any atom is -0.497 e. The van der Waals surface area contributed by atoms with Crippen LogP contribution in [0.1, 0.15) is 10.4 Å². The average Bonchev–Trinajstić information content (AvgIpc) is 2.71. The van der Waals surface area contributed by atoms with Crippen LogP contribution in [0.5, 0.6) is 5.75 Å². The number of amides is 1. The van der Waals surface area contributed by atoms with Gasteiger partial charge in [0.25, 0.3) is 5.91 Å². The number of hydrogen-bond donors (Lipinski definition) is 2. The second-order valence-electron chi connectivity index (χ2n) is 3.48. The van der Waals surface area contributed by atoms with Crippen LogP contribution in [0, 0.1) is 0 Å². The maximum atomic E-state index is 11.3. The van der Waals surface area contributed by atoms with Crippen molar-refractivity contribution in [2.24, 2.45) is 5.73 Å². The fourth-order valence-corrected chi connectivity index (χ4v) is 2.46. The van der Waals surface area contributed by atoms with Crippen molar-refractivity contribution >= 4 is 22.2 Å². The molecule has 0 unspecified atom stereocenters. The van der Waals surface area contributed by atoms with Crippen molar-refractivity contribution in [2.75, 3.05) is 12.8 Å². The van der Waals surface area contributed by atoms with E-state index in [-0.39, 0.29) is 0 Å². The summed E-state index contributed by atoms with van der Waals surface area (Å²) < 4.78 is 5.14. The molecule has 0 fully saturated rings. The lowest BCUT2D eigenvalue weighted by Gasteiger charge is -2.04. The number of hydrogen-bond acceptors (Lipinski definition) is 4. The molecule has 0 aliphatic heterocycles. The van der Waals surface area contributed by atoms with Gasteiger partial charge in [-0.3, -0.25) is 4.79 Å². The number of carbonyl (C=O) groups excluding carboxylic acids is 1. The molecule has 0 radical (unpaired) electrons. The van der Waals surface area contributed by atoms with E-state index in [1.54, 1.807) is 7.11 Å². The van der Waals surface area contributed by atoms with E-state index in [1.807, 2.05) is 29.6 Å². The number of nitrogen functional groups attached to an aromatic ring is 1. The fraction of sp³-hybridized carbons (Fsp3) is 0.0833. The number of ether oxygens (including phenoxy) is 1. The molecular formula is C12H12N2O2S. The van der Waals surface area contributed by atoms with Crippen LogP contribution in [0.2, 0.25) is 0 Å². The number of nitrogens with two attached hydrogens (primary N) is 2. The van der Waals surface area contributed by atoms with Crippen LogP contribution in [-0.4, -0.2) is 13.0 Å². The number of rotatable bonds is 3. The molecule has 1 aromatic carbocycles. The lowest BCUT2D eigenvalue weighted by Crippen LogP contribution is -2.12. The van der Waals surface area contributed by atoms with Gasteiger partial charge in [0.2, 0.25) is 0 Å². The fourth-order valence-electron chi connectivity index (χ4n) is 1.63. The Labute approximate surface area is 103 Å². The Bertz CT molecular complexity index is 563. The summed E-state index contributed by atoms with van der Waals surface area (Å²) in [6.07, 6.45) is 0. The van der Waals surface area contributed by atoms with Crippen LogP contribution in [-0.2, 0) is 0 Å². The topological polar surface area (TPSA) is 78.3 Å². The zero-order chi connectivity index (χ0) is 12.4. The van der Waals surface area contributed by atoms with Crippen molar-refractivity contribution in [3.63, 3.8) is 0 Å². The first-order valence-electron chi connectivity index (χ1n) is 4.94. The summed E-state index contributed by atoms with van der Waals surface area (Å²) in [5.74, 6) is 0.212. The van der Waals surface area contributed by atoms with Gasteiger partial charge in [-0.25, -0.2) is 0 Å². The van der Waals surface area contributed by atoms with Crippen molar-refractivity contribution in [3.8, 4) is 16.9 Å². The van der Waals surface area contributed by atoms with Crippen molar-refractivity contribution in [1.29, 1.82) is 0 Å². The zero-order valence-electron chi connectivity index (χ0n) is 9.27. The average molecular weight is 248 g/mol. The predicted octanol–water partition coefficient (Wildman–Crippen LogP) is 2.10. The van der Waals surface area contributed by atoms with Crippen molar-refractivity contribution in [3.05, 3.63) is 35.2 Å². The van der Waals surface area contributed by atoms with E-state index in [2.05, 4.69) is 0 Å². The van der Waals surface area contributed by atoms with E-state index in [4.69, 9.17) is 16.2 Å². The summed E-state index contributed by atoms with van der Waals surface area (Å²) in [5.41, 5.74) is 13.1. The summed E-state index contributed by atoms with van der Waals surface area (Å²) in [6.45, 7) is 0. The highest BCUT2D eigenvalue weighted by molar-refractivity contribution is 7.15. The molecule has 4 nitrogen and oxygen atoms in total. The molecule has 1 amide bonds. The molecule has 0 atom stereocenters. The van der Waals surface area contributed by atoms with Gasteiger partial charge in [0, 0.05) is 10.9 Å². The van der Waals surface area contributed by atoms with Gasteiger partial charge >= 0.3 is 0 Å². The molecule has 5 heteroatoms. The van der Waals surface area contributed by atoms with Crippen LogP contribution in [0.25, 0.3) is 11.1 Å². The lowest BCUT2D eigenvalue weighted by molar-refractivity contribution is 0.100. The number of anilines is 1. The molecule has 0 bridgehead atoms. The third-order valence-electron chi connectivity index (χ3n) is 2.45. The van der Waals surface area contributed by atoms with Crippen molar-refractivity contribution in [1.82, 2.24) is 0 Å². The number of methoxy groups -OCH3 is 1. The Hall–Kier alpha value is -2.01. The van der Waals surface area contributed by atoms with E-state index in [1.165, 1.54) is 11.3 Å². The standard InChI is InChI=1S/C12H12N2O2S/c1-16-8-4-2-3-7(5-8)9-6-17-12(14)10(9)11(13)15/h2-6H,14H2,1H3,(H2,13,15). The number of primary amides is 1. The highest BCUT2D eigenvalue weighted by atomic mass is 32.1. The molecule has 1 heterocycles. The van der Waals surface area contributed by atoms with Crippen LogP contribution in [0.3, 0.4) is 0 Å². The summed E-state index contributed by atoms with van der Waals surface area (Å²) in [6, 6.07) is 7.42. The van der Waals surface area contributed by atoms with Gasteiger partial charge in [-0.1, -0.05) is 12.1 Å². The first-order chi connectivity index (χ1) is 8.13. The van der Waals surface area contributed by atoms with Gasteiger partial charge in [-0.2, -0.15) is 0 Å². The molecule has 2 rings (SSSR count). The normalized spacial score (nSPS) is 10.2. The molecule has 88 valence electrons. The minimum absolute atomic E-state index is 0.378. The molecule has 0 saturated heterocycles. The van der Waals surface area contributed by atoms with Gasteiger partial charge in [-0.05, 0) is 17.7 Å². The first-order valence-corrected chi connectivity index (χ1v) is 5.82. The van der Waals surface area contributed by atoms with Crippen LogP contribution >= 0.6 is 11.3 Å². The van der Waals surface area contributed by atoms with E-state index in [9.17, 15) is 4.79 Å². The number of carbonyl (C=O) groups is 1. The SMILES string of the molecule is COc1cccc(-c2csc(N)c2C(N)=O)c1. The summed E-state index contributed by atoms with van der Waals surface area (Å²) in [7, 11) is 1.59. The number of thiophene rings is 1. The van der Waals surface area contributed by atoms with Crippen molar-refractivity contribution in [2.45, 2.75) is 0 Å². The summed E-state index contributed by atoms with van der Waals surface area (Å²) in [4.78, 5) is 11.3. The smallest absolute Gasteiger partial charge is 0.252 e. The monoisotopic (exact) mass is 248 g/mol. The van der Waals surface area contributed by atoms with Gasteiger partial charge < -0.3 is 16.2 Å². The Balaban J connectivity index is 2.56. The van der Waals surface area contributed by atoms with Gasteiger partial charge in [-0.15, -0.1) is 11.3 Å². The molecule has 0 aliphatic carbocycles. The Kier molecular flexibility index (Phi) is 3.01.